The number of piperidine rings is 1. The minimum atomic E-state index is -4.44. The number of aromatic nitrogens is 1. The molecule has 2 aromatic carbocycles. The first-order valence-electron chi connectivity index (χ1n) is 10.5. The van der Waals surface area contributed by atoms with Crippen molar-refractivity contribution in [3.8, 4) is 17.3 Å². The van der Waals surface area contributed by atoms with Gasteiger partial charge in [0.2, 0.25) is 0 Å². The number of benzene rings is 2. The molecule has 0 unspecified atom stereocenters. The fourth-order valence-corrected chi connectivity index (χ4v) is 4.89. The number of aryl methyl sites for hydroxylation is 1. The lowest BCUT2D eigenvalue weighted by Gasteiger charge is -2.36. The number of likely N-dealkylation sites (tertiary alicyclic amines) is 1. The summed E-state index contributed by atoms with van der Waals surface area (Å²) >= 11 is 1.40. The highest BCUT2D eigenvalue weighted by molar-refractivity contribution is 7.12. The van der Waals surface area contributed by atoms with Crippen molar-refractivity contribution >= 4 is 23.1 Å². The molecule has 0 aliphatic carbocycles. The Labute approximate surface area is 198 Å². The Morgan fingerprint density at radius 2 is 1.76 bits per heavy atom. The normalized spacial score (nSPS) is 15.6. The Kier molecular flexibility index (Phi) is 6.34. The van der Waals surface area contributed by atoms with E-state index in [1.54, 1.807) is 12.1 Å². The van der Waals surface area contributed by atoms with Gasteiger partial charge in [0.25, 0.3) is 0 Å². The van der Waals surface area contributed by atoms with Gasteiger partial charge in [-0.25, -0.2) is 9.78 Å². The Hall–Kier alpha value is -3.42. The van der Waals surface area contributed by atoms with Crippen molar-refractivity contribution < 1.29 is 23.1 Å². The lowest BCUT2D eigenvalue weighted by atomic mass is 9.92. The van der Waals surface area contributed by atoms with Crippen LogP contribution in [0.3, 0.4) is 0 Å². The molecule has 1 fully saturated rings. The third-order valence-corrected chi connectivity index (χ3v) is 6.99. The molecule has 0 spiro atoms. The third kappa shape index (κ3) is 4.90. The second-order valence-electron chi connectivity index (χ2n) is 8.14. The fraction of sp³-hybridized carbons (Fsp3) is 0.292. The molecule has 4 rings (SSSR count). The predicted molar refractivity (Wildman–Crippen MR) is 122 cm³/mol. The Bertz CT molecular complexity index is 1220. The number of carbonyl (C=O) groups is 1. The van der Waals surface area contributed by atoms with E-state index < -0.39 is 23.4 Å². The smallest absolute Gasteiger partial charge is 0.383 e. The van der Waals surface area contributed by atoms with E-state index in [4.69, 9.17) is 5.26 Å². The topological polar surface area (TPSA) is 89.2 Å². The number of urea groups is 1. The SMILES string of the molecule is Cc1sc(C2(O)CCN(C(=O)Nc3ccc(C(F)(F)F)cc3)CC2)nc1-c1ccc(C#N)cc1. The molecule has 2 amide bonds. The van der Waals surface area contributed by atoms with Gasteiger partial charge in [0, 0.05) is 42.1 Å². The number of nitrogens with zero attached hydrogens (tertiary/aromatic N) is 3. The lowest BCUT2D eigenvalue weighted by Crippen LogP contribution is -2.46. The van der Waals surface area contributed by atoms with Crippen LogP contribution in [0.5, 0.6) is 0 Å². The summed E-state index contributed by atoms with van der Waals surface area (Å²) in [6.45, 7) is 2.46. The second-order valence-corrected chi connectivity index (χ2v) is 9.34. The lowest BCUT2D eigenvalue weighted by molar-refractivity contribution is -0.137. The Balaban J connectivity index is 1.40. The maximum Gasteiger partial charge on any atom is 0.416 e. The van der Waals surface area contributed by atoms with Gasteiger partial charge < -0.3 is 15.3 Å². The summed E-state index contributed by atoms with van der Waals surface area (Å²) in [5.41, 5.74) is 0.466. The van der Waals surface area contributed by atoms with Gasteiger partial charge in [0.05, 0.1) is 22.9 Å². The standard InChI is InChI=1S/C24H21F3N4O2S/c1-15-20(17-4-2-16(14-28)3-5-17)30-21(34-15)23(33)10-12-31(13-11-23)22(32)29-19-8-6-18(7-9-19)24(25,26)27/h2-9,33H,10-13H2,1H3,(H,29,32). The van der Waals surface area contributed by atoms with E-state index in [0.717, 1.165) is 28.3 Å². The van der Waals surface area contributed by atoms with Crippen molar-refractivity contribution in [1.29, 1.82) is 5.26 Å². The zero-order chi connectivity index (χ0) is 24.5. The molecule has 176 valence electrons. The van der Waals surface area contributed by atoms with Crippen molar-refractivity contribution in [3.63, 3.8) is 0 Å². The van der Waals surface area contributed by atoms with Gasteiger partial charge in [0.15, 0.2) is 0 Å². The zero-order valence-electron chi connectivity index (χ0n) is 18.2. The van der Waals surface area contributed by atoms with Crippen LogP contribution < -0.4 is 5.32 Å². The highest BCUT2D eigenvalue weighted by atomic mass is 32.1. The predicted octanol–water partition coefficient (Wildman–Crippen LogP) is 5.52. The van der Waals surface area contributed by atoms with Crippen molar-refractivity contribution in [2.75, 3.05) is 18.4 Å². The summed E-state index contributed by atoms with van der Waals surface area (Å²) in [4.78, 5) is 19.7. The number of aliphatic hydroxyl groups is 1. The minimum absolute atomic E-state index is 0.265. The first kappa shape index (κ1) is 23.7. The van der Waals surface area contributed by atoms with Crippen LogP contribution >= 0.6 is 11.3 Å². The molecule has 1 aromatic heterocycles. The largest absolute Gasteiger partial charge is 0.416 e. The van der Waals surface area contributed by atoms with Crippen LogP contribution in [0.25, 0.3) is 11.3 Å². The molecule has 0 saturated carbocycles. The summed E-state index contributed by atoms with van der Waals surface area (Å²) in [5, 5.41) is 23.4. The van der Waals surface area contributed by atoms with Crippen LogP contribution in [-0.2, 0) is 11.8 Å². The van der Waals surface area contributed by atoms with E-state index in [-0.39, 0.29) is 31.6 Å². The van der Waals surface area contributed by atoms with E-state index in [9.17, 15) is 23.1 Å². The Morgan fingerprint density at radius 3 is 2.32 bits per heavy atom. The molecule has 2 N–H and O–H groups in total. The molecule has 0 radical (unpaired) electrons. The summed E-state index contributed by atoms with van der Waals surface area (Å²) < 4.78 is 38.1. The number of amides is 2. The average molecular weight is 487 g/mol. The van der Waals surface area contributed by atoms with Gasteiger partial charge in [-0.1, -0.05) is 12.1 Å². The van der Waals surface area contributed by atoms with Crippen LogP contribution in [0.4, 0.5) is 23.7 Å². The van der Waals surface area contributed by atoms with Crippen molar-refractivity contribution in [3.05, 3.63) is 69.5 Å². The number of hydrogen-bond donors (Lipinski definition) is 2. The van der Waals surface area contributed by atoms with Crippen LogP contribution in [-0.4, -0.2) is 34.1 Å². The average Bonchev–Trinajstić information content (AvgIpc) is 3.22. The van der Waals surface area contributed by atoms with Gasteiger partial charge >= 0.3 is 12.2 Å². The number of halogens is 3. The summed E-state index contributed by atoms with van der Waals surface area (Å²) in [5.74, 6) is 0. The first-order chi connectivity index (χ1) is 16.1. The highest BCUT2D eigenvalue weighted by Gasteiger charge is 2.38. The number of rotatable bonds is 3. The van der Waals surface area contributed by atoms with Gasteiger partial charge in [-0.05, 0) is 43.3 Å². The molecular weight excluding hydrogens is 465 g/mol. The summed E-state index contributed by atoms with van der Waals surface area (Å²) in [7, 11) is 0. The molecule has 1 saturated heterocycles. The molecule has 0 atom stereocenters. The highest BCUT2D eigenvalue weighted by Crippen LogP contribution is 2.39. The zero-order valence-corrected chi connectivity index (χ0v) is 19.0. The molecule has 3 aromatic rings. The maximum atomic E-state index is 12.7. The number of anilines is 1. The van der Waals surface area contributed by atoms with Crippen LogP contribution in [0, 0.1) is 18.3 Å². The second kappa shape index (κ2) is 9.08. The first-order valence-corrected chi connectivity index (χ1v) is 11.3. The van der Waals surface area contributed by atoms with Crippen LogP contribution in [0.15, 0.2) is 48.5 Å². The number of nitrogens with one attached hydrogen (secondary N) is 1. The van der Waals surface area contributed by atoms with E-state index in [1.165, 1.54) is 28.4 Å². The van der Waals surface area contributed by atoms with Crippen molar-refractivity contribution in [2.45, 2.75) is 31.5 Å². The number of alkyl halides is 3. The van der Waals surface area contributed by atoms with Crippen molar-refractivity contribution in [1.82, 2.24) is 9.88 Å². The number of nitriles is 1. The monoisotopic (exact) mass is 486 g/mol. The number of carbonyl (C=O) groups excluding carboxylic acids is 1. The molecule has 1 aliphatic heterocycles. The molecular formula is C24H21F3N4O2S. The van der Waals surface area contributed by atoms with E-state index in [1.807, 2.05) is 19.1 Å². The molecule has 10 heteroatoms. The van der Waals surface area contributed by atoms with E-state index in [2.05, 4.69) is 16.4 Å². The molecule has 34 heavy (non-hydrogen) atoms. The summed E-state index contributed by atoms with van der Waals surface area (Å²) in [6, 6.07) is 13.0. The van der Waals surface area contributed by atoms with Gasteiger partial charge in [-0.3, -0.25) is 0 Å². The fourth-order valence-electron chi connectivity index (χ4n) is 3.80. The van der Waals surface area contributed by atoms with Gasteiger partial charge in [-0.2, -0.15) is 18.4 Å². The molecule has 2 heterocycles. The van der Waals surface area contributed by atoms with Crippen LogP contribution in [0.2, 0.25) is 0 Å². The number of thiazole rings is 1. The quantitative estimate of drug-likeness (QED) is 0.510. The molecule has 0 bridgehead atoms. The van der Waals surface area contributed by atoms with Crippen molar-refractivity contribution in [2.24, 2.45) is 0 Å². The van der Waals surface area contributed by atoms with Gasteiger partial charge in [-0.15, -0.1) is 11.3 Å². The van der Waals surface area contributed by atoms with E-state index in [0.29, 0.717) is 10.6 Å². The third-order valence-electron chi connectivity index (χ3n) is 5.82. The molecule has 6 nitrogen and oxygen atoms in total. The van der Waals surface area contributed by atoms with Crippen LogP contribution in [0.1, 0.15) is 33.9 Å². The number of hydrogen-bond acceptors (Lipinski definition) is 5. The minimum Gasteiger partial charge on any atom is -0.383 e. The van der Waals surface area contributed by atoms with E-state index >= 15 is 0 Å². The maximum absolute atomic E-state index is 12.7. The van der Waals surface area contributed by atoms with Gasteiger partial charge in [0.1, 0.15) is 10.6 Å². The summed E-state index contributed by atoms with van der Waals surface area (Å²) in [6.07, 6.45) is -3.87. The molecule has 1 aliphatic rings. The Morgan fingerprint density at radius 1 is 1.15 bits per heavy atom.